The van der Waals surface area contributed by atoms with Crippen LogP contribution < -0.4 is 10.2 Å². The van der Waals surface area contributed by atoms with Gasteiger partial charge >= 0.3 is 13.5 Å². The molecular formula is C18H21B2N2O6PS. The number of nitrogens with zero attached hydrogens (tertiary/aromatic N) is 1. The molecule has 1 aromatic heterocycles. The van der Waals surface area contributed by atoms with Gasteiger partial charge in [0.2, 0.25) is 0 Å². The van der Waals surface area contributed by atoms with Gasteiger partial charge in [-0.2, -0.15) is 0 Å². The van der Waals surface area contributed by atoms with Crippen molar-refractivity contribution in [1.29, 1.82) is 0 Å². The Morgan fingerprint density at radius 3 is 2.77 bits per heavy atom. The predicted molar refractivity (Wildman–Crippen MR) is 115 cm³/mol. The lowest BCUT2D eigenvalue weighted by Crippen LogP contribution is -2.26. The topological polar surface area (TPSA) is 91.8 Å². The maximum atomic E-state index is 11.9. The molecule has 4 rings (SSSR count). The lowest BCUT2D eigenvalue weighted by Gasteiger charge is -2.26. The fourth-order valence-corrected chi connectivity index (χ4v) is 4.52. The summed E-state index contributed by atoms with van der Waals surface area (Å²) in [6.07, 6.45) is 2.90. The Kier molecular flexibility index (Phi) is 7.42. The SMILES string of the molecule is [B]COP1(=O)OCc2cc(C)cc(C)c2O1.[B][C@@H]1CCC(n2ccc(=S)[nH]c2=O)O1. The van der Waals surface area contributed by atoms with Gasteiger partial charge < -0.3 is 9.26 Å². The van der Waals surface area contributed by atoms with E-state index < -0.39 is 7.82 Å². The molecule has 1 saturated heterocycles. The molecule has 0 bridgehead atoms. The van der Waals surface area contributed by atoms with Gasteiger partial charge in [0.05, 0.1) is 6.61 Å². The highest BCUT2D eigenvalue weighted by molar-refractivity contribution is 7.71. The van der Waals surface area contributed by atoms with Crippen LogP contribution in [0.15, 0.2) is 29.2 Å². The summed E-state index contributed by atoms with van der Waals surface area (Å²) in [6, 6.07) is 5.28. The van der Waals surface area contributed by atoms with Crippen molar-refractivity contribution in [2.75, 3.05) is 6.51 Å². The van der Waals surface area contributed by atoms with Gasteiger partial charge in [0, 0.05) is 24.3 Å². The second kappa shape index (κ2) is 9.66. The minimum absolute atomic E-state index is 0.197. The standard InChI is InChI=1S/C10H12BO4P.C8H9BN2O2S/c1-7-3-8(2)10-9(4-7)5-13-16(12,15-10)14-6-11;9-5-1-2-7(13-5)11-4-3-6(14)10-8(11)12/h3-4H,5-6H2,1-2H3;3-5,7H,1-2H2,(H,10,12,14)/t;5-,7?/m.0/s1. The van der Waals surface area contributed by atoms with E-state index in [4.69, 9.17) is 46.2 Å². The molecule has 2 aliphatic heterocycles. The molecule has 0 saturated carbocycles. The van der Waals surface area contributed by atoms with Crippen LogP contribution in [0.4, 0.5) is 0 Å². The number of benzene rings is 1. The number of H-pyrrole nitrogens is 1. The number of rotatable bonds is 3. The molecular weight excluding hydrogens is 425 g/mol. The number of aryl methyl sites for hydroxylation is 2. The average molecular weight is 446 g/mol. The van der Waals surface area contributed by atoms with Crippen molar-refractivity contribution in [3.05, 3.63) is 56.2 Å². The number of hydrogen-bond donors (Lipinski definition) is 1. The van der Waals surface area contributed by atoms with Crippen LogP contribution in [0.1, 0.15) is 35.8 Å². The zero-order chi connectivity index (χ0) is 21.9. The molecule has 3 atom stereocenters. The van der Waals surface area contributed by atoms with Crippen molar-refractivity contribution < 1.29 is 22.9 Å². The maximum Gasteiger partial charge on any atom is 0.529 e. The summed E-state index contributed by atoms with van der Waals surface area (Å²) < 4.78 is 34.3. The molecule has 2 aromatic rings. The largest absolute Gasteiger partial charge is 0.529 e. The molecule has 156 valence electrons. The Bertz CT molecular complexity index is 1080. The van der Waals surface area contributed by atoms with Crippen molar-refractivity contribution in [2.24, 2.45) is 0 Å². The van der Waals surface area contributed by atoms with E-state index >= 15 is 0 Å². The summed E-state index contributed by atoms with van der Waals surface area (Å²) in [7, 11) is 7.23. The molecule has 2 aliphatic rings. The van der Waals surface area contributed by atoms with Crippen LogP contribution in [-0.2, 0) is 25.0 Å². The zero-order valence-electron chi connectivity index (χ0n) is 16.7. The van der Waals surface area contributed by atoms with Crippen LogP contribution in [0.5, 0.6) is 5.75 Å². The Labute approximate surface area is 182 Å². The molecule has 4 radical (unpaired) electrons. The third-order valence-corrected chi connectivity index (χ3v) is 6.06. The summed E-state index contributed by atoms with van der Waals surface area (Å²) in [5, 5.41) is 0. The first-order valence-corrected chi connectivity index (χ1v) is 11.2. The number of phosphoric ester groups is 1. The number of phosphoric acid groups is 1. The second-order valence-corrected chi connectivity index (χ2v) is 8.93. The smallest absolute Gasteiger partial charge is 0.403 e. The van der Waals surface area contributed by atoms with E-state index in [-0.39, 0.29) is 31.0 Å². The van der Waals surface area contributed by atoms with Gasteiger partial charge in [0.1, 0.15) is 32.3 Å². The molecule has 2 unspecified atom stereocenters. The molecule has 3 heterocycles. The van der Waals surface area contributed by atoms with Gasteiger partial charge in [0.25, 0.3) is 0 Å². The minimum Gasteiger partial charge on any atom is -0.403 e. The zero-order valence-corrected chi connectivity index (χ0v) is 18.4. The number of nitrogens with one attached hydrogen (secondary N) is 1. The number of hydrogen-bond acceptors (Lipinski definition) is 7. The van der Waals surface area contributed by atoms with Gasteiger partial charge in [-0.05, 0) is 38.3 Å². The third kappa shape index (κ3) is 5.53. The van der Waals surface area contributed by atoms with Gasteiger partial charge in [-0.25, -0.2) is 9.36 Å². The molecule has 1 N–H and O–H groups in total. The van der Waals surface area contributed by atoms with Gasteiger partial charge in [-0.1, -0.05) is 29.9 Å². The van der Waals surface area contributed by atoms with Crippen molar-refractivity contribution in [2.45, 2.75) is 45.5 Å². The van der Waals surface area contributed by atoms with E-state index in [1.807, 2.05) is 26.0 Å². The van der Waals surface area contributed by atoms with Crippen LogP contribution in [0.25, 0.3) is 0 Å². The lowest BCUT2D eigenvalue weighted by molar-refractivity contribution is 0.0340. The van der Waals surface area contributed by atoms with E-state index in [0.29, 0.717) is 10.4 Å². The molecule has 12 heteroatoms. The minimum atomic E-state index is -3.51. The van der Waals surface area contributed by atoms with Gasteiger partial charge in [-0.15, -0.1) is 0 Å². The van der Waals surface area contributed by atoms with Gasteiger partial charge in [-0.3, -0.25) is 18.6 Å². The number of aromatic nitrogens is 2. The van der Waals surface area contributed by atoms with E-state index in [9.17, 15) is 9.36 Å². The summed E-state index contributed by atoms with van der Waals surface area (Å²) in [5.41, 5.74) is 2.65. The van der Waals surface area contributed by atoms with Crippen molar-refractivity contribution in [3.63, 3.8) is 0 Å². The second-order valence-electron chi connectivity index (χ2n) is 6.90. The van der Waals surface area contributed by atoms with E-state index in [2.05, 4.69) is 4.98 Å². The fourth-order valence-electron chi connectivity index (χ4n) is 3.23. The summed E-state index contributed by atoms with van der Waals surface area (Å²) in [4.78, 5) is 14.0. The van der Waals surface area contributed by atoms with Crippen LogP contribution in [0.2, 0.25) is 0 Å². The highest BCUT2D eigenvalue weighted by Gasteiger charge is 2.34. The fraction of sp³-hybridized carbons (Fsp3) is 0.444. The Morgan fingerprint density at radius 1 is 1.37 bits per heavy atom. The van der Waals surface area contributed by atoms with Crippen LogP contribution >= 0.6 is 20.0 Å². The van der Waals surface area contributed by atoms with Crippen molar-refractivity contribution >= 4 is 35.7 Å². The van der Waals surface area contributed by atoms with Crippen molar-refractivity contribution in [3.8, 4) is 5.75 Å². The molecule has 1 fully saturated rings. The van der Waals surface area contributed by atoms with Crippen LogP contribution in [0.3, 0.4) is 0 Å². The van der Waals surface area contributed by atoms with E-state index in [1.54, 1.807) is 12.3 Å². The average Bonchev–Trinajstić information content (AvgIpc) is 3.09. The van der Waals surface area contributed by atoms with Gasteiger partial charge in [0.15, 0.2) is 0 Å². The number of ether oxygens (including phenoxy) is 1. The molecule has 30 heavy (non-hydrogen) atoms. The summed E-state index contributed by atoms with van der Waals surface area (Å²) in [6.45, 7) is 3.90. The summed E-state index contributed by atoms with van der Waals surface area (Å²) >= 11 is 4.82. The Hall–Kier alpha value is -1.64. The first-order valence-electron chi connectivity index (χ1n) is 9.32. The maximum absolute atomic E-state index is 11.9. The normalized spacial score (nSPS) is 25.0. The highest BCUT2D eigenvalue weighted by atomic mass is 32.1. The van der Waals surface area contributed by atoms with Crippen LogP contribution in [-0.4, -0.2) is 37.8 Å². The lowest BCUT2D eigenvalue weighted by atomic mass is 9.98. The molecule has 1 aromatic carbocycles. The Morgan fingerprint density at radius 2 is 2.13 bits per heavy atom. The Balaban J connectivity index is 0.000000172. The number of fused-ring (bicyclic) bond motifs is 1. The van der Waals surface area contributed by atoms with Crippen LogP contribution in [0, 0.1) is 18.5 Å². The highest BCUT2D eigenvalue weighted by Crippen LogP contribution is 2.55. The predicted octanol–water partition coefficient (Wildman–Crippen LogP) is 3.17. The third-order valence-electron chi connectivity index (χ3n) is 4.50. The molecule has 0 amide bonds. The first-order chi connectivity index (χ1) is 14.2. The van der Waals surface area contributed by atoms with E-state index in [0.717, 1.165) is 29.5 Å². The molecule has 0 aliphatic carbocycles. The quantitative estimate of drug-likeness (QED) is 0.440. The monoisotopic (exact) mass is 446 g/mol. The molecule has 8 nitrogen and oxygen atoms in total. The number of aromatic amines is 1. The molecule has 0 spiro atoms. The summed E-state index contributed by atoms with van der Waals surface area (Å²) in [5.74, 6) is 0.577. The van der Waals surface area contributed by atoms with E-state index in [1.165, 1.54) is 4.57 Å². The van der Waals surface area contributed by atoms with Crippen molar-refractivity contribution in [1.82, 2.24) is 9.55 Å². The first kappa shape index (κ1) is 23.0.